The number of methoxy groups -OCH3 is 1. The summed E-state index contributed by atoms with van der Waals surface area (Å²) in [6.07, 6.45) is 2.46. The Labute approximate surface area is 139 Å². The SMILES string of the molecule is CCNC(=NCCCCC(=O)OC)NCCC(=O)N(CC)CC. The molecule has 0 aromatic rings. The Balaban J connectivity index is 4.07. The number of hydrogen-bond donors (Lipinski definition) is 2. The lowest BCUT2D eigenvalue weighted by Gasteiger charge is -2.19. The fraction of sp³-hybridized carbons (Fsp3) is 0.812. The summed E-state index contributed by atoms with van der Waals surface area (Å²) in [6, 6.07) is 0. The van der Waals surface area contributed by atoms with Gasteiger partial charge in [0, 0.05) is 45.6 Å². The molecule has 0 aliphatic rings. The van der Waals surface area contributed by atoms with E-state index >= 15 is 0 Å². The summed E-state index contributed by atoms with van der Waals surface area (Å²) in [6.45, 7) is 9.39. The third kappa shape index (κ3) is 10.5. The number of ether oxygens (including phenoxy) is 1. The molecule has 7 nitrogen and oxygen atoms in total. The van der Waals surface area contributed by atoms with Gasteiger partial charge in [0.1, 0.15) is 0 Å². The van der Waals surface area contributed by atoms with E-state index in [1.54, 1.807) is 0 Å². The van der Waals surface area contributed by atoms with Crippen molar-refractivity contribution in [3.63, 3.8) is 0 Å². The molecule has 7 heteroatoms. The van der Waals surface area contributed by atoms with E-state index in [-0.39, 0.29) is 11.9 Å². The molecule has 0 radical (unpaired) electrons. The molecule has 0 saturated carbocycles. The second kappa shape index (κ2) is 13.8. The van der Waals surface area contributed by atoms with Crippen LogP contribution in [0.5, 0.6) is 0 Å². The molecule has 0 spiro atoms. The molecule has 134 valence electrons. The third-order valence-electron chi connectivity index (χ3n) is 3.38. The van der Waals surface area contributed by atoms with Crippen LogP contribution in [0.3, 0.4) is 0 Å². The Kier molecular flexibility index (Phi) is 12.8. The first-order valence-corrected chi connectivity index (χ1v) is 8.45. The average Bonchev–Trinajstić information content (AvgIpc) is 2.55. The van der Waals surface area contributed by atoms with Crippen molar-refractivity contribution in [2.75, 3.05) is 39.8 Å². The molecule has 23 heavy (non-hydrogen) atoms. The molecule has 0 bridgehead atoms. The molecule has 1 amide bonds. The molecule has 0 atom stereocenters. The molecule has 0 aromatic heterocycles. The number of nitrogens with zero attached hydrogens (tertiary/aromatic N) is 2. The van der Waals surface area contributed by atoms with Crippen molar-refractivity contribution in [2.45, 2.75) is 46.5 Å². The van der Waals surface area contributed by atoms with E-state index in [2.05, 4.69) is 20.4 Å². The number of aliphatic imine (C=N–C) groups is 1. The van der Waals surface area contributed by atoms with Gasteiger partial charge < -0.3 is 20.3 Å². The van der Waals surface area contributed by atoms with Gasteiger partial charge in [-0.1, -0.05) is 0 Å². The lowest BCUT2D eigenvalue weighted by molar-refractivity contribution is -0.140. The monoisotopic (exact) mass is 328 g/mol. The van der Waals surface area contributed by atoms with Crippen LogP contribution in [0.2, 0.25) is 0 Å². The van der Waals surface area contributed by atoms with Gasteiger partial charge in [-0.25, -0.2) is 0 Å². The van der Waals surface area contributed by atoms with Gasteiger partial charge in [-0.15, -0.1) is 0 Å². The fourth-order valence-electron chi connectivity index (χ4n) is 2.04. The van der Waals surface area contributed by atoms with Crippen LogP contribution in [0.25, 0.3) is 0 Å². The first kappa shape index (κ1) is 21.2. The van der Waals surface area contributed by atoms with Crippen molar-refractivity contribution in [3.8, 4) is 0 Å². The van der Waals surface area contributed by atoms with E-state index in [0.717, 1.165) is 32.5 Å². The number of unbranched alkanes of at least 4 members (excludes halogenated alkanes) is 1. The van der Waals surface area contributed by atoms with Crippen LogP contribution in [0.1, 0.15) is 46.5 Å². The van der Waals surface area contributed by atoms with Gasteiger partial charge in [-0.05, 0) is 33.6 Å². The van der Waals surface area contributed by atoms with Crippen molar-refractivity contribution in [1.29, 1.82) is 0 Å². The van der Waals surface area contributed by atoms with Gasteiger partial charge in [-0.3, -0.25) is 14.6 Å². The lowest BCUT2D eigenvalue weighted by atomic mass is 10.2. The highest BCUT2D eigenvalue weighted by molar-refractivity contribution is 5.81. The Morgan fingerprint density at radius 2 is 1.74 bits per heavy atom. The molecule has 0 saturated heterocycles. The van der Waals surface area contributed by atoms with E-state index in [1.807, 2.05) is 25.7 Å². The van der Waals surface area contributed by atoms with Crippen LogP contribution >= 0.6 is 0 Å². The first-order valence-electron chi connectivity index (χ1n) is 8.45. The van der Waals surface area contributed by atoms with Gasteiger partial charge in [0.05, 0.1) is 7.11 Å². The number of esters is 1. The fourth-order valence-corrected chi connectivity index (χ4v) is 2.04. The Hall–Kier alpha value is -1.79. The number of guanidine groups is 1. The van der Waals surface area contributed by atoms with Crippen LogP contribution in [0, 0.1) is 0 Å². The minimum atomic E-state index is -0.186. The largest absolute Gasteiger partial charge is 0.469 e. The summed E-state index contributed by atoms with van der Waals surface area (Å²) in [7, 11) is 1.40. The molecule has 0 aromatic carbocycles. The Morgan fingerprint density at radius 3 is 2.30 bits per heavy atom. The normalized spacial score (nSPS) is 11.0. The maximum atomic E-state index is 11.9. The molecule has 0 unspecified atom stereocenters. The van der Waals surface area contributed by atoms with E-state index in [9.17, 15) is 9.59 Å². The zero-order chi connectivity index (χ0) is 17.5. The lowest BCUT2D eigenvalue weighted by Crippen LogP contribution is -2.40. The Morgan fingerprint density at radius 1 is 1.04 bits per heavy atom. The van der Waals surface area contributed by atoms with Crippen molar-refractivity contribution >= 4 is 17.8 Å². The smallest absolute Gasteiger partial charge is 0.305 e. The quantitative estimate of drug-likeness (QED) is 0.257. The van der Waals surface area contributed by atoms with E-state index < -0.39 is 0 Å². The summed E-state index contributed by atoms with van der Waals surface area (Å²) in [5.41, 5.74) is 0. The standard InChI is InChI=1S/C16H32N4O3/c1-5-17-16(18-12-9-8-10-15(22)23-4)19-13-11-14(21)20(6-2)7-3/h5-13H2,1-4H3,(H2,17,18,19). The number of nitrogens with one attached hydrogen (secondary N) is 2. The maximum absolute atomic E-state index is 11.9. The molecular weight excluding hydrogens is 296 g/mol. The zero-order valence-electron chi connectivity index (χ0n) is 15.0. The van der Waals surface area contributed by atoms with Crippen molar-refractivity contribution < 1.29 is 14.3 Å². The number of amides is 1. The molecule has 0 aliphatic carbocycles. The van der Waals surface area contributed by atoms with E-state index in [4.69, 9.17) is 0 Å². The molecule has 0 aliphatic heterocycles. The highest BCUT2D eigenvalue weighted by Gasteiger charge is 2.09. The topological polar surface area (TPSA) is 83.0 Å². The third-order valence-corrected chi connectivity index (χ3v) is 3.38. The number of carbonyl (C=O) groups is 2. The predicted molar refractivity (Wildman–Crippen MR) is 92.4 cm³/mol. The summed E-state index contributed by atoms with van der Waals surface area (Å²) in [4.78, 5) is 29.2. The summed E-state index contributed by atoms with van der Waals surface area (Å²) >= 11 is 0. The molecule has 0 fully saturated rings. The molecule has 2 N–H and O–H groups in total. The first-order chi connectivity index (χ1) is 11.1. The zero-order valence-corrected chi connectivity index (χ0v) is 15.0. The van der Waals surface area contributed by atoms with Crippen LogP contribution < -0.4 is 10.6 Å². The summed E-state index contributed by atoms with van der Waals surface area (Å²) in [5, 5.41) is 6.31. The summed E-state index contributed by atoms with van der Waals surface area (Å²) < 4.78 is 4.59. The molecule has 0 heterocycles. The van der Waals surface area contributed by atoms with Crippen LogP contribution in [0.4, 0.5) is 0 Å². The molecular formula is C16H32N4O3. The van der Waals surface area contributed by atoms with Gasteiger partial charge in [0.15, 0.2) is 5.96 Å². The number of hydrogen-bond acceptors (Lipinski definition) is 4. The van der Waals surface area contributed by atoms with E-state index in [0.29, 0.717) is 31.9 Å². The predicted octanol–water partition coefficient (Wildman–Crippen LogP) is 1.14. The second-order valence-electron chi connectivity index (χ2n) is 5.04. The van der Waals surface area contributed by atoms with Crippen molar-refractivity contribution in [1.82, 2.24) is 15.5 Å². The van der Waals surface area contributed by atoms with Gasteiger partial charge in [-0.2, -0.15) is 0 Å². The van der Waals surface area contributed by atoms with E-state index in [1.165, 1.54) is 7.11 Å². The minimum absolute atomic E-state index is 0.149. The van der Waals surface area contributed by atoms with Crippen LogP contribution in [-0.2, 0) is 14.3 Å². The highest BCUT2D eigenvalue weighted by atomic mass is 16.5. The van der Waals surface area contributed by atoms with Gasteiger partial charge in [0.2, 0.25) is 5.91 Å². The maximum Gasteiger partial charge on any atom is 0.305 e. The van der Waals surface area contributed by atoms with Gasteiger partial charge >= 0.3 is 5.97 Å². The molecule has 0 rings (SSSR count). The number of rotatable bonds is 11. The van der Waals surface area contributed by atoms with Gasteiger partial charge in [0.25, 0.3) is 0 Å². The minimum Gasteiger partial charge on any atom is -0.469 e. The van der Waals surface area contributed by atoms with Crippen molar-refractivity contribution in [2.24, 2.45) is 4.99 Å². The highest BCUT2D eigenvalue weighted by Crippen LogP contribution is 1.97. The summed E-state index contributed by atoms with van der Waals surface area (Å²) in [5.74, 6) is 0.670. The average molecular weight is 328 g/mol. The second-order valence-corrected chi connectivity index (χ2v) is 5.04. The number of carbonyl (C=O) groups excluding carboxylic acids is 2. The van der Waals surface area contributed by atoms with Crippen molar-refractivity contribution in [3.05, 3.63) is 0 Å². The Bertz CT molecular complexity index is 368. The van der Waals surface area contributed by atoms with Crippen LogP contribution in [0.15, 0.2) is 4.99 Å². The van der Waals surface area contributed by atoms with Crippen LogP contribution in [-0.4, -0.2) is 62.6 Å².